The third kappa shape index (κ3) is 1.92. The van der Waals surface area contributed by atoms with Crippen LogP contribution in [0.5, 0.6) is 5.75 Å². The second-order valence-electron chi connectivity index (χ2n) is 4.48. The summed E-state index contributed by atoms with van der Waals surface area (Å²) in [6.45, 7) is 0. The number of anilines is 1. The molecule has 0 aliphatic carbocycles. The quantitative estimate of drug-likeness (QED) is 0.871. The number of hydrogen-bond acceptors (Lipinski definition) is 2. The van der Waals surface area contributed by atoms with E-state index in [4.69, 9.17) is 4.74 Å². The Kier molecular flexibility index (Phi) is 2.67. The van der Waals surface area contributed by atoms with Gasteiger partial charge < -0.3 is 10.1 Å². The van der Waals surface area contributed by atoms with Gasteiger partial charge in [0.1, 0.15) is 11.6 Å². The minimum absolute atomic E-state index is 0.141. The molecule has 1 N–H and O–H groups in total. The van der Waals surface area contributed by atoms with Gasteiger partial charge in [-0.2, -0.15) is 0 Å². The fourth-order valence-corrected chi connectivity index (χ4v) is 2.38. The van der Waals surface area contributed by atoms with Gasteiger partial charge in [0, 0.05) is 11.8 Å². The van der Waals surface area contributed by atoms with E-state index in [0.29, 0.717) is 0 Å². The molecule has 0 fully saturated rings. The van der Waals surface area contributed by atoms with Gasteiger partial charge >= 0.3 is 0 Å². The molecule has 0 spiro atoms. The third-order valence-electron chi connectivity index (χ3n) is 3.32. The Balaban J connectivity index is 1.88. The highest BCUT2D eigenvalue weighted by Gasteiger charge is 2.22. The van der Waals surface area contributed by atoms with Crippen LogP contribution in [0.2, 0.25) is 0 Å². The lowest BCUT2D eigenvalue weighted by atomic mass is 10.0. The number of nitrogens with one attached hydrogen (secondary N) is 1. The summed E-state index contributed by atoms with van der Waals surface area (Å²) in [5, 5.41) is 3.41. The van der Waals surface area contributed by atoms with Gasteiger partial charge in [-0.3, -0.25) is 0 Å². The maximum Gasteiger partial charge on any atom is 0.123 e. The smallest absolute Gasteiger partial charge is 0.123 e. The van der Waals surface area contributed by atoms with Gasteiger partial charge in [0.2, 0.25) is 0 Å². The first-order valence-electron chi connectivity index (χ1n) is 5.95. The van der Waals surface area contributed by atoms with Crippen molar-refractivity contribution in [2.24, 2.45) is 0 Å². The summed E-state index contributed by atoms with van der Waals surface area (Å²) < 4.78 is 18.4. The van der Waals surface area contributed by atoms with Gasteiger partial charge in [0.15, 0.2) is 0 Å². The van der Waals surface area contributed by atoms with Crippen LogP contribution in [0, 0.1) is 5.82 Å². The van der Waals surface area contributed by atoms with E-state index in [1.54, 1.807) is 19.2 Å². The maximum atomic E-state index is 13.2. The van der Waals surface area contributed by atoms with Gasteiger partial charge in [0.25, 0.3) is 0 Å². The van der Waals surface area contributed by atoms with Crippen molar-refractivity contribution in [2.75, 3.05) is 12.4 Å². The molecule has 92 valence electrons. The number of methoxy groups -OCH3 is 1. The first kappa shape index (κ1) is 11.1. The van der Waals surface area contributed by atoms with Crippen LogP contribution in [-0.2, 0) is 6.42 Å². The van der Waals surface area contributed by atoms with Crippen molar-refractivity contribution in [3.8, 4) is 5.75 Å². The van der Waals surface area contributed by atoms with E-state index >= 15 is 0 Å². The fraction of sp³-hybridized carbons (Fsp3) is 0.200. The molecular weight excluding hydrogens is 229 g/mol. The van der Waals surface area contributed by atoms with E-state index in [0.717, 1.165) is 23.4 Å². The molecule has 1 aliphatic rings. The van der Waals surface area contributed by atoms with E-state index in [1.807, 2.05) is 18.2 Å². The molecule has 2 nitrogen and oxygen atoms in total. The van der Waals surface area contributed by atoms with Gasteiger partial charge in [-0.15, -0.1) is 0 Å². The van der Waals surface area contributed by atoms with E-state index < -0.39 is 0 Å². The monoisotopic (exact) mass is 243 g/mol. The van der Waals surface area contributed by atoms with Crippen LogP contribution in [0.4, 0.5) is 10.1 Å². The lowest BCUT2D eigenvalue weighted by molar-refractivity contribution is 0.415. The van der Waals surface area contributed by atoms with Crippen molar-refractivity contribution in [1.82, 2.24) is 0 Å². The standard InChI is InChI=1S/C15H14FNO/c1-18-13-6-5-11-8-14(17-15(11)9-13)10-3-2-4-12(16)7-10/h2-7,9,14,17H,8H2,1H3. The van der Waals surface area contributed by atoms with Crippen molar-refractivity contribution in [2.45, 2.75) is 12.5 Å². The molecule has 18 heavy (non-hydrogen) atoms. The Morgan fingerprint density at radius 2 is 2.11 bits per heavy atom. The summed E-state index contributed by atoms with van der Waals surface area (Å²) in [6, 6.07) is 12.9. The number of rotatable bonds is 2. The van der Waals surface area contributed by atoms with E-state index in [9.17, 15) is 4.39 Å². The molecular formula is C15H14FNO. The summed E-state index contributed by atoms with van der Waals surface area (Å²) in [5.41, 5.74) is 3.29. The highest BCUT2D eigenvalue weighted by Crippen LogP contribution is 2.36. The highest BCUT2D eigenvalue weighted by atomic mass is 19.1. The van der Waals surface area contributed by atoms with E-state index in [1.165, 1.54) is 11.6 Å². The zero-order chi connectivity index (χ0) is 12.5. The summed E-state index contributed by atoms with van der Waals surface area (Å²) in [4.78, 5) is 0. The second-order valence-corrected chi connectivity index (χ2v) is 4.48. The van der Waals surface area contributed by atoms with Crippen LogP contribution in [-0.4, -0.2) is 7.11 Å². The first-order chi connectivity index (χ1) is 8.76. The summed E-state index contributed by atoms with van der Waals surface area (Å²) in [5.74, 6) is 0.643. The molecule has 0 radical (unpaired) electrons. The molecule has 0 aromatic heterocycles. The Morgan fingerprint density at radius 3 is 2.89 bits per heavy atom. The normalized spacial score (nSPS) is 17.1. The molecule has 1 unspecified atom stereocenters. The molecule has 0 amide bonds. The number of hydrogen-bond donors (Lipinski definition) is 1. The van der Waals surface area contributed by atoms with Crippen LogP contribution in [0.25, 0.3) is 0 Å². The molecule has 1 heterocycles. The summed E-state index contributed by atoms with van der Waals surface area (Å²) in [6.07, 6.45) is 0.878. The number of benzene rings is 2. The van der Waals surface area contributed by atoms with Crippen LogP contribution in [0.15, 0.2) is 42.5 Å². The van der Waals surface area contributed by atoms with Gasteiger partial charge in [0.05, 0.1) is 13.2 Å². The number of ether oxygens (including phenoxy) is 1. The Hall–Kier alpha value is -2.03. The molecule has 2 aromatic carbocycles. The van der Waals surface area contributed by atoms with Gasteiger partial charge in [-0.25, -0.2) is 4.39 Å². The average Bonchev–Trinajstić information content (AvgIpc) is 2.81. The van der Waals surface area contributed by atoms with Gasteiger partial charge in [-0.05, 0) is 35.7 Å². The lowest BCUT2D eigenvalue weighted by Gasteiger charge is -2.11. The van der Waals surface area contributed by atoms with E-state index in [2.05, 4.69) is 11.4 Å². The summed E-state index contributed by atoms with van der Waals surface area (Å²) >= 11 is 0. The Bertz CT molecular complexity index is 582. The molecule has 1 aliphatic heterocycles. The minimum atomic E-state index is -0.192. The van der Waals surface area contributed by atoms with Crippen LogP contribution in [0.1, 0.15) is 17.2 Å². The fourth-order valence-electron chi connectivity index (χ4n) is 2.38. The van der Waals surface area contributed by atoms with E-state index in [-0.39, 0.29) is 11.9 Å². The molecule has 0 bridgehead atoms. The molecule has 0 saturated heterocycles. The molecule has 2 aromatic rings. The Labute approximate surface area is 105 Å². The van der Waals surface area contributed by atoms with Crippen molar-refractivity contribution >= 4 is 5.69 Å². The highest BCUT2D eigenvalue weighted by molar-refractivity contribution is 5.61. The zero-order valence-corrected chi connectivity index (χ0v) is 10.1. The van der Waals surface area contributed by atoms with Crippen molar-refractivity contribution in [1.29, 1.82) is 0 Å². The molecule has 0 saturated carbocycles. The van der Waals surface area contributed by atoms with Crippen LogP contribution < -0.4 is 10.1 Å². The lowest BCUT2D eigenvalue weighted by Crippen LogP contribution is -2.05. The summed E-state index contributed by atoms with van der Waals surface area (Å²) in [7, 11) is 1.65. The molecule has 3 rings (SSSR count). The molecule has 3 heteroatoms. The number of fused-ring (bicyclic) bond motifs is 1. The zero-order valence-electron chi connectivity index (χ0n) is 10.1. The largest absolute Gasteiger partial charge is 0.497 e. The van der Waals surface area contributed by atoms with Crippen molar-refractivity contribution < 1.29 is 9.13 Å². The second kappa shape index (κ2) is 4.33. The topological polar surface area (TPSA) is 21.3 Å². The first-order valence-corrected chi connectivity index (χ1v) is 5.95. The van der Waals surface area contributed by atoms with Crippen molar-refractivity contribution in [3.63, 3.8) is 0 Å². The Morgan fingerprint density at radius 1 is 1.22 bits per heavy atom. The number of halogens is 1. The third-order valence-corrected chi connectivity index (χ3v) is 3.32. The van der Waals surface area contributed by atoms with Crippen LogP contribution in [0.3, 0.4) is 0 Å². The van der Waals surface area contributed by atoms with Crippen LogP contribution >= 0.6 is 0 Å². The van der Waals surface area contributed by atoms with Crippen molar-refractivity contribution in [3.05, 3.63) is 59.4 Å². The minimum Gasteiger partial charge on any atom is -0.497 e. The maximum absolute atomic E-state index is 13.2. The predicted molar refractivity (Wildman–Crippen MR) is 69.5 cm³/mol. The van der Waals surface area contributed by atoms with Gasteiger partial charge in [-0.1, -0.05) is 18.2 Å². The molecule has 1 atom stereocenters. The predicted octanol–water partition coefficient (Wildman–Crippen LogP) is 3.54. The SMILES string of the molecule is COc1ccc2c(c1)NC(c1cccc(F)c1)C2. The average molecular weight is 243 g/mol.